The van der Waals surface area contributed by atoms with Gasteiger partial charge in [0.05, 0.1) is 15.3 Å². The number of rotatable bonds is 3. The Labute approximate surface area is 116 Å². The zero-order valence-electron chi connectivity index (χ0n) is 10.2. The van der Waals surface area contributed by atoms with Crippen LogP contribution in [0.2, 0.25) is 5.02 Å². The van der Waals surface area contributed by atoms with Crippen molar-refractivity contribution in [2.75, 3.05) is 26.2 Å². The lowest BCUT2D eigenvalue weighted by molar-refractivity contribution is -0.130. The summed E-state index contributed by atoms with van der Waals surface area (Å²) in [4.78, 5) is 18.3. The molecule has 1 N–H and O–H groups in total. The first-order valence-corrected chi connectivity index (χ1v) is 7.20. The van der Waals surface area contributed by atoms with E-state index in [0.717, 1.165) is 31.2 Å². The Hall–Kier alpha value is -0.780. The highest BCUT2D eigenvalue weighted by atomic mass is 35.5. The van der Waals surface area contributed by atoms with Crippen LogP contribution in [0.25, 0.3) is 0 Å². The summed E-state index contributed by atoms with van der Waals surface area (Å²) in [6, 6.07) is 3.63. The Morgan fingerprint density at radius 1 is 1.50 bits per heavy atom. The van der Waals surface area contributed by atoms with Gasteiger partial charge < -0.3 is 10.2 Å². The predicted octanol–water partition coefficient (Wildman–Crippen LogP) is 1.65. The van der Waals surface area contributed by atoms with E-state index < -0.39 is 0 Å². The standard InChI is InChI=1S/C12H16ClN3OS/c1-9(12(17)16-6-4-14-5-7-16)18-11-3-2-10(13)8-15-11/h2-3,8-9,14H,4-7H2,1H3. The van der Waals surface area contributed by atoms with Crippen molar-refractivity contribution in [3.63, 3.8) is 0 Å². The van der Waals surface area contributed by atoms with Gasteiger partial charge in [0.1, 0.15) is 0 Å². The molecular formula is C12H16ClN3OS. The van der Waals surface area contributed by atoms with Gasteiger partial charge in [-0.05, 0) is 19.1 Å². The van der Waals surface area contributed by atoms with Crippen molar-refractivity contribution in [2.45, 2.75) is 17.2 Å². The molecule has 0 saturated carbocycles. The number of piperazine rings is 1. The zero-order chi connectivity index (χ0) is 13.0. The van der Waals surface area contributed by atoms with Crippen molar-refractivity contribution in [2.24, 2.45) is 0 Å². The minimum Gasteiger partial charge on any atom is -0.339 e. The van der Waals surface area contributed by atoms with Crippen LogP contribution >= 0.6 is 23.4 Å². The van der Waals surface area contributed by atoms with Crippen molar-refractivity contribution >= 4 is 29.3 Å². The SMILES string of the molecule is CC(Sc1ccc(Cl)cn1)C(=O)N1CCNCC1. The van der Waals surface area contributed by atoms with Crippen LogP contribution in [0.15, 0.2) is 23.4 Å². The first kappa shape index (κ1) is 13.6. The minimum absolute atomic E-state index is 0.114. The fourth-order valence-corrected chi connectivity index (χ4v) is 2.79. The number of amides is 1. The van der Waals surface area contributed by atoms with Crippen LogP contribution in [0.4, 0.5) is 0 Å². The number of halogens is 1. The average Bonchev–Trinajstić information content (AvgIpc) is 2.41. The Morgan fingerprint density at radius 3 is 2.83 bits per heavy atom. The molecule has 1 aliphatic heterocycles. The molecule has 18 heavy (non-hydrogen) atoms. The van der Waals surface area contributed by atoms with Crippen LogP contribution < -0.4 is 5.32 Å². The van der Waals surface area contributed by atoms with Crippen LogP contribution in [0.1, 0.15) is 6.92 Å². The van der Waals surface area contributed by atoms with E-state index in [1.54, 1.807) is 12.3 Å². The molecule has 1 fully saturated rings. The molecule has 1 aliphatic rings. The minimum atomic E-state index is -0.114. The molecule has 1 aromatic rings. The highest BCUT2D eigenvalue weighted by Gasteiger charge is 2.22. The van der Waals surface area contributed by atoms with Crippen LogP contribution in [-0.2, 0) is 4.79 Å². The average molecular weight is 286 g/mol. The van der Waals surface area contributed by atoms with Gasteiger partial charge in [0.2, 0.25) is 5.91 Å². The summed E-state index contributed by atoms with van der Waals surface area (Å²) in [5, 5.41) is 4.56. The quantitative estimate of drug-likeness (QED) is 0.858. The molecule has 2 heterocycles. The molecule has 4 nitrogen and oxygen atoms in total. The number of hydrogen-bond acceptors (Lipinski definition) is 4. The maximum Gasteiger partial charge on any atom is 0.235 e. The van der Waals surface area contributed by atoms with E-state index in [2.05, 4.69) is 10.3 Å². The molecule has 0 aliphatic carbocycles. The number of nitrogens with zero attached hydrogens (tertiary/aromatic N) is 2. The van der Waals surface area contributed by atoms with E-state index in [4.69, 9.17) is 11.6 Å². The van der Waals surface area contributed by atoms with Crippen molar-refractivity contribution in [1.29, 1.82) is 0 Å². The third-order valence-corrected chi connectivity index (χ3v) is 4.04. The summed E-state index contributed by atoms with van der Waals surface area (Å²) in [6.45, 7) is 5.26. The topological polar surface area (TPSA) is 45.2 Å². The molecule has 1 saturated heterocycles. The van der Waals surface area contributed by atoms with Crippen molar-refractivity contribution in [3.8, 4) is 0 Å². The maximum atomic E-state index is 12.2. The summed E-state index contributed by atoms with van der Waals surface area (Å²) in [5.74, 6) is 0.179. The molecule has 1 atom stereocenters. The van der Waals surface area contributed by atoms with Gasteiger partial charge in [0.25, 0.3) is 0 Å². The third-order valence-electron chi connectivity index (χ3n) is 2.77. The lowest BCUT2D eigenvalue weighted by Gasteiger charge is -2.29. The normalized spacial score (nSPS) is 17.6. The highest BCUT2D eigenvalue weighted by Crippen LogP contribution is 2.23. The van der Waals surface area contributed by atoms with Crippen LogP contribution in [-0.4, -0.2) is 47.2 Å². The molecule has 1 aromatic heterocycles. The number of carbonyl (C=O) groups excluding carboxylic acids is 1. The second-order valence-electron chi connectivity index (χ2n) is 4.15. The molecule has 0 aromatic carbocycles. The summed E-state index contributed by atoms with van der Waals surface area (Å²) in [7, 11) is 0. The van der Waals surface area contributed by atoms with Gasteiger partial charge in [-0.3, -0.25) is 4.79 Å². The summed E-state index contributed by atoms with van der Waals surface area (Å²) >= 11 is 7.25. The van der Waals surface area contributed by atoms with Crippen LogP contribution in [0.3, 0.4) is 0 Å². The van der Waals surface area contributed by atoms with Gasteiger partial charge >= 0.3 is 0 Å². The number of thioether (sulfide) groups is 1. The molecule has 0 radical (unpaired) electrons. The maximum absolute atomic E-state index is 12.2. The number of hydrogen-bond donors (Lipinski definition) is 1. The Morgan fingerprint density at radius 2 is 2.22 bits per heavy atom. The molecule has 0 spiro atoms. The lowest BCUT2D eigenvalue weighted by Crippen LogP contribution is -2.48. The predicted molar refractivity (Wildman–Crippen MR) is 74.0 cm³/mol. The van der Waals surface area contributed by atoms with Crippen LogP contribution in [0.5, 0.6) is 0 Å². The van der Waals surface area contributed by atoms with Crippen molar-refractivity contribution in [3.05, 3.63) is 23.4 Å². The van der Waals surface area contributed by atoms with E-state index in [1.807, 2.05) is 17.9 Å². The molecule has 6 heteroatoms. The smallest absolute Gasteiger partial charge is 0.235 e. The summed E-state index contributed by atoms with van der Waals surface area (Å²) < 4.78 is 0. The summed E-state index contributed by atoms with van der Waals surface area (Å²) in [6.07, 6.45) is 1.60. The lowest BCUT2D eigenvalue weighted by atomic mass is 10.3. The van der Waals surface area contributed by atoms with Crippen LogP contribution in [0, 0.1) is 0 Å². The molecule has 1 amide bonds. The Kier molecular flexibility index (Phi) is 4.86. The first-order valence-electron chi connectivity index (χ1n) is 5.94. The summed E-state index contributed by atoms with van der Waals surface area (Å²) in [5.41, 5.74) is 0. The van der Waals surface area contributed by atoms with E-state index in [0.29, 0.717) is 5.02 Å². The molecule has 2 rings (SSSR count). The zero-order valence-corrected chi connectivity index (χ0v) is 11.8. The Bertz CT molecular complexity index is 406. The fraction of sp³-hybridized carbons (Fsp3) is 0.500. The van der Waals surface area contributed by atoms with Gasteiger partial charge in [-0.15, -0.1) is 0 Å². The first-order chi connectivity index (χ1) is 8.66. The Balaban J connectivity index is 1.92. The van der Waals surface area contributed by atoms with Crippen molar-refractivity contribution in [1.82, 2.24) is 15.2 Å². The molecule has 98 valence electrons. The van der Waals surface area contributed by atoms with E-state index in [1.165, 1.54) is 11.8 Å². The molecule has 0 bridgehead atoms. The van der Waals surface area contributed by atoms with Gasteiger partial charge in [0.15, 0.2) is 0 Å². The monoisotopic (exact) mass is 285 g/mol. The molecular weight excluding hydrogens is 270 g/mol. The van der Waals surface area contributed by atoms with Gasteiger partial charge in [-0.2, -0.15) is 0 Å². The van der Waals surface area contributed by atoms with Gasteiger partial charge in [-0.25, -0.2) is 4.98 Å². The van der Waals surface area contributed by atoms with E-state index >= 15 is 0 Å². The number of nitrogens with one attached hydrogen (secondary N) is 1. The van der Waals surface area contributed by atoms with Gasteiger partial charge in [-0.1, -0.05) is 23.4 Å². The second-order valence-corrected chi connectivity index (χ2v) is 5.95. The van der Waals surface area contributed by atoms with Gasteiger partial charge in [0, 0.05) is 32.4 Å². The van der Waals surface area contributed by atoms with Crippen molar-refractivity contribution < 1.29 is 4.79 Å². The second kappa shape index (κ2) is 6.41. The number of carbonyl (C=O) groups is 1. The number of aromatic nitrogens is 1. The fourth-order valence-electron chi connectivity index (χ4n) is 1.81. The number of pyridine rings is 1. The van der Waals surface area contributed by atoms with E-state index in [-0.39, 0.29) is 11.2 Å². The molecule has 1 unspecified atom stereocenters. The largest absolute Gasteiger partial charge is 0.339 e. The third kappa shape index (κ3) is 3.60. The van der Waals surface area contributed by atoms with E-state index in [9.17, 15) is 4.79 Å². The highest BCUT2D eigenvalue weighted by molar-refractivity contribution is 8.00.